The Morgan fingerprint density at radius 1 is 1.55 bits per heavy atom. The maximum absolute atomic E-state index is 12.4. The fourth-order valence-electron chi connectivity index (χ4n) is 2.28. The second kappa shape index (κ2) is 4.48. The molecule has 1 aliphatic heterocycles. The summed E-state index contributed by atoms with van der Waals surface area (Å²) >= 11 is 0. The number of nitrogens with one attached hydrogen (secondary N) is 1. The van der Waals surface area contributed by atoms with E-state index in [0.717, 1.165) is 5.69 Å². The van der Waals surface area contributed by atoms with Crippen LogP contribution >= 0.6 is 0 Å². The molecule has 1 atom stereocenters. The maximum Gasteiger partial charge on any atom is 0.326 e. The van der Waals surface area contributed by atoms with Crippen molar-refractivity contribution in [2.24, 2.45) is 0 Å². The number of hydrogen-bond acceptors (Lipinski definition) is 5. The number of aromatic nitrogens is 3. The number of carboxylic acid groups (broad SMARTS) is 1. The van der Waals surface area contributed by atoms with Crippen LogP contribution in [0.25, 0.3) is 0 Å². The number of aliphatic carboxylic acids is 1. The Morgan fingerprint density at radius 2 is 2.35 bits per heavy atom. The van der Waals surface area contributed by atoms with E-state index in [1.807, 2.05) is 0 Å². The summed E-state index contributed by atoms with van der Waals surface area (Å²) in [7, 11) is 0. The Bertz CT molecular complexity index is 675. The van der Waals surface area contributed by atoms with Gasteiger partial charge in [-0.25, -0.2) is 9.78 Å². The molecule has 1 amide bonds. The Hall–Kier alpha value is -2.64. The smallest absolute Gasteiger partial charge is 0.326 e. The maximum atomic E-state index is 12.4. The molecular weight excluding hydrogens is 264 g/mol. The molecule has 20 heavy (non-hydrogen) atoms. The lowest BCUT2D eigenvalue weighted by molar-refractivity contribution is -0.142. The molecule has 0 spiro atoms. The molecule has 104 valence electrons. The third kappa shape index (κ3) is 1.94. The number of rotatable bonds is 2. The highest BCUT2D eigenvalue weighted by Gasteiger charge is 2.37. The van der Waals surface area contributed by atoms with Crippen LogP contribution in [0.3, 0.4) is 0 Å². The average molecular weight is 276 g/mol. The minimum atomic E-state index is -1.06. The summed E-state index contributed by atoms with van der Waals surface area (Å²) in [5, 5.41) is 12.9. The van der Waals surface area contributed by atoms with E-state index in [1.165, 1.54) is 17.3 Å². The molecule has 2 aromatic heterocycles. The summed E-state index contributed by atoms with van der Waals surface area (Å²) in [4.78, 5) is 32.0. The van der Waals surface area contributed by atoms with E-state index in [9.17, 15) is 14.7 Å². The molecule has 2 aromatic rings. The predicted molar refractivity (Wildman–Crippen MR) is 64.8 cm³/mol. The van der Waals surface area contributed by atoms with Gasteiger partial charge in [0.1, 0.15) is 11.8 Å². The highest BCUT2D eigenvalue weighted by atomic mass is 16.5. The molecule has 0 bridgehead atoms. The predicted octanol–water partition coefficient (Wildman–Crippen LogP) is 0.358. The molecule has 0 aliphatic carbocycles. The first-order chi connectivity index (χ1) is 9.56. The van der Waals surface area contributed by atoms with Gasteiger partial charge in [-0.05, 0) is 6.92 Å². The zero-order chi connectivity index (χ0) is 14.3. The topological polar surface area (TPSA) is 112 Å². The van der Waals surface area contributed by atoms with E-state index in [4.69, 9.17) is 4.52 Å². The van der Waals surface area contributed by atoms with Crippen LogP contribution < -0.4 is 0 Å². The first kappa shape index (κ1) is 12.4. The van der Waals surface area contributed by atoms with Crippen LogP contribution in [-0.4, -0.2) is 43.0 Å². The first-order valence-electron chi connectivity index (χ1n) is 6.04. The molecule has 1 aliphatic rings. The summed E-state index contributed by atoms with van der Waals surface area (Å²) in [6.45, 7) is 1.83. The number of H-pyrrole nitrogens is 1. The van der Waals surface area contributed by atoms with Crippen LogP contribution in [0, 0.1) is 6.92 Å². The molecule has 8 nitrogen and oxygen atoms in total. The van der Waals surface area contributed by atoms with Crippen molar-refractivity contribution in [3.8, 4) is 0 Å². The SMILES string of the molecule is Cc1cc(C(=O)N2Cc3[nH]cnc3CC2C(=O)O)no1. The van der Waals surface area contributed by atoms with E-state index in [-0.39, 0.29) is 18.7 Å². The number of carbonyl (C=O) groups excluding carboxylic acids is 1. The van der Waals surface area contributed by atoms with Crippen molar-refractivity contribution in [3.63, 3.8) is 0 Å². The number of fused-ring (bicyclic) bond motifs is 1. The summed E-state index contributed by atoms with van der Waals surface area (Å²) < 4.78 is 4.86. The minimum Gasteiger partial charge on any atom is -0.480 e. The second-order valence-corrected chi connectivity index (χ2v) is 4.64. The van der Waals surface area contributed by atoms with Gasteiger partial charge < -0.3 is 19.5 Å². The average Bonchev–Trinajstić information content (AvgIpc) is 3.04. The number of carbonyl (C=O) groups is 2. The Balaban J connectivity index is 1.94. The standard InChI is InChI=1S/C12H12N4O4/c1-6-2-8(15-20-6)11(17)16-4-9-7(13-5-14-9)3-10(16)12(18)19/h2,5,10H,3-4H2,1H3,(H,13,14)(H,18,19). The van der Waals surface area contributed by atoms with Gasteiger partial charge in [-0.15, -0.1) is 0 Å². The lowest BCUT2D eigenvalue weighted by Crippen LogP contribution is -2.48. The van der Waals surface area contributed by atoms with Gasteiger partial charge >= 0.3 is 5.97 Å². The molecular formula is C12H12N4O4. The van der Waals surface area contributed by atoms with Gasteiger partial charge in [0.15, 0.2) is 5.69 Å². The fraction of sp³-hybridized carbons (Fsp3) is 0.333. The highest BCUT2D eigenvalue weighted by molar-refractivity contribution is 5.95. The van der Waals surface area contributed by atoms with Crippen LogP contribution in [0.15, 0.2) is 16.9 Å². The number of aromatic amines is 1. The van der Waals surface area contributed by atoms with Gasteiger partial charge in [0.05, 0.1) is 24.3 Å². The highest BCUT2D eigenvalue weighted by Crippen LogP contribution is 2.22. The number of nitrogens with zero attached hydrogens (tertiary/aromatic N) is 3. The van der Waals surface area contributed by atoms with Crippen molar-refractivity contribution in [3.05, 3.63) is 35.2 Å². The zero-order valence-electron chi connectivity index (χ0n) is 10.7. The second-order valence-electron chi connectivity index (χ2n) is 4.64. The van der Waals surface area contributed by atoms with Gasteiger partial charge in [-0.1, -0.05) is 5.16 Å². The summed E-state index contributed by atoms with van der Waals surface area (Å²) in [5.74, 6) is -1.03. The fourth-order valence-corrected chi connectivity index (χ4v) is 2.28. The van der Waals surface area contributed by atoms with E-state index in [0.29, 0.717) is 11.5 Å². The van der Waals surface area contributed by atoms with E-state index < -0.39 is 17.9 Å². The largest absolute Gasteiger partial charge is 0.480 e. The lowest BCUT2D eigenvalue weighted by atomic mass is 10.0. The molecule has 0 saturated heterocycles. The van der Waals surface area contributed by atoms with E-state index in [1.54, 1.807) is 6.92 Å². The minimum absolute atomic E-state index is 0.108. The Labute approximate surface area is 113 Å². The zero-order valence-corrected chi connectivity index (χ0v) is 10.7. The van der Waals surface area contributed by atoms with Gasteiger partial charge in [0, 0.05) is 12.5 Å². The molecule has 3 heterocycles. The molecule has 0 radical (unpaired) electrons. The van der Waals surface area contributed by atoms with Gasteiger partial charge in [0.25, 0.3) is 5.91 Å². The third-order valence-corrected chi connectivity index (χ3v) is 3.29. The van der Waals surface area contributed by atoms with E-state index in [2.05, 4.69) is 15.1 Å². The molecule has 1 unspecified atom stereocenters. The number of aryl methyl sites for hydroxylation is 1. The number of hydrogen-bond donors (Lipinski definition) is 2. The van der Waals surface area contributed by atoms with Gasteiger partial charge in [-0.3, -0.25) is 4.79 Å². The van der Waals surface area contributed by atoms with Crippen LogP contribution in [-0.2, 0) is 17.8 Å². The van der Waals surface area contributed by atoms with Crippen molar-refractivity contribution in [2.45, 2.75) is 25.9 Å². The molecule has 0 fully saturated rings. The normalized spacial score (nSPS) is 17.9. The molecule has 8 heteroatoms. The molecule has 2 N–H and O–H groups in total. The molecule has 3 rings (SSSR count). The molecule has 0 aromatic carbocycles. The quantitative estimate of drug-likeness (QED) is 0.818. The third-order valence-electron chi connectivity index (χ3n) is 3.29. The van der Waals surface area contributed by atoms with Crippen molar-refractivity contribution >= 4 is 11.9 Å². The first-order valence-corrected chi connectivity index (χ1v) is 6.04. The number of carboxylic acids is 1. The van der Waals surface area contributed by atoms with Crippen molar-refractivity contribution in [1.29, 1.82) is 0 Å². The van der Waals surface area contributed by atoms with Crippen LogP contribution in [0.2, 0.25) is 0 Å². The summed E-state index contributed by atoms with van der Waals surface area (Å²) in [6, 6.07) is 0.541. The number of amides is 1. The van der Waals surface area contributed by atoms with Crippen LogP contribution in [0.1, 0.15) is 27.6 Å². The van der Waals surface area contributed by atoms with Crippen LogP contribution in [0.4, 0.5) is 0 Å². The monoisotopic (exact) mass is 276 g/mol. The summed E-state index contributed by atoms with van der Waals surface area (Å²) in [5.41, 5.74) is 1.53. The van der Waals surface area contributed by atoms with Crippen molar-refractivity contribution in [1.82, 2.24) is 20.0 Å². The van der Waals surface area contributed by atoms with Crippen molar-refractivity contribution in [2.75, 3.05) is 0 Å². The van der Waals surface area contributed by atoms with Crippen molar-refractivity contribution < 1.29 is 19.2 Å². The van der Waals surface area contributed by atoms with Gasteiger partial charge in [0.2, 0.25) is 0 Å². The van der Waals surface area contributed by atoms with Crippen LogP contribution in [0.5, 0.6) is 0 Å². The van der Waals surface area contributed by atoms with E-state index >= 15 is 0 Å². The Morgan fingerprint density at radius 3 is 3.00 bits per heavy atom. The lowest BCUT2D eigenvalue weighted by Gasteiger charge is -2.31. The number of imidazole rings is 1. The summed E-state index contributed by atoms with van der Waals surface area (Å²) in [6.07, 6.45) is 1.68. The Kier molecular flexibility index (Phi) is 2.78. The molecule has 0 saturated carbocycles. The van der Waals surface area contributed by atoms with Gasteiger partial charge in [-0.2, -0.15) is 0 Å².